The van der Waals surface area contributed by atoms with Crippen molar-refractivity contribution >= 4 is 29.3 Å². The van der Waals surface area contributed by atoms with E-state index in [1.54, 1.807) is 4.90 Å². The summed E-state index contributed by atoms with van der Waals surface area (Å²) >= 11 is 5.34. The van der Waals surface area contributed by atoms with E-state index in [0.29, 0.717) is 13.2 Å². The summed E-state index contributed by atoms with van der Waals surface area (Å²) in [4.78, 5) is 23.8. The van der Waals surface area contributed by atoms with Crippen LogP contribution in [0.4, 0.5) is 10.5 Å². The van der Waals surface area contributed by atoms with E-state index in [4.69, 9.17) is 16.3 Å². The van der Waals surface area contributed by atoms with Crippen LogP contribution in [0.1, 0.15) is 5.56 Å². The van der Waals surface area contributed by atoms with E-state index in [-0.39, 0.29) is 24.4 Å². The van der Waals surface area contributed by atoms with Crippen LogP contribution in [-0.2, 0) is 9.53 Å². The number of rotatable bonds is 3. The van der Waals surface area contributed by atoms with Gasteiger partial charge in [0.25, 0.3) is 0 Å². The second-order valence-corrected chi connectivity index (χ2v) is 4.29. The van der Waals surface area contributed by atoms with E-state index in [2.05, 4.69) is 17.2 Å². The maximum absolute atomic E-state index is 11.4. The topological polar surface area (TPSA) is 58.6 Å². The van der Waals surface area contributed by atoms with Crippen molar-refractivity contribution in [2.75, 3.05) is 30.5 Å². The van der Waals surface area contributed by atoms with Crippen LogP contribution in [0.3, 0.4) is 0 Å². The van der Waals surface area contributed by atoms with E-state index in [1.165, 1.54) is 0 Å². The first kappa shape index (κ1) is 14.2. The lowest BCUT2D eigenvalue weighted by molar-refractivity contribution is -0.118. The molecule has 0 spiro atoms. The highest BCUT2D eigenvalue weighted by Gasteiger charge is 2.22. The number of carbonyl (C=O) groups is 2. The molecule has 104 valence electrons. The molecule has 0 bridgehead atoms. The molecule has 20 heavy (non-hydrogen) atoms. The van der Waals surface area contributed by atoms with Crippen LogP contribution in [0.15, 0.2) is 24.3 Å². The molecule has 0 atom stereocenters. The third-order valence-corrected chi connectivity index (χ3v) is 2.91. The summed E-state index contributed by atoms with van der Waals surface area (Å²) in [5.74, 6) is 5.42. The molecule has 5 nitrogen and oxygen atoms in total. The van der Waals surface area contributed by atoms with Crippen LogP contribution in [-0.4, -0.2) is 37.6 Å². The number of anilines is 1. The molecule has 1 aliphatic rings. The molecule has 1 fully saturated rings. The van der Waals surface area contributed by atoms with Crippen molar-refractivity contribution in [1.29, 1.82) is 0 Å². The molecule has 0 radical (unpaired) electrons. The lowest BCUT2D eigenvalue weighted by Gasteiger charge is -2.11. The Kier molecular flexibility index (Phi) is 4.85. The zero-order chi connectivity index (χ0) is 14.4. The maximum atomic E-state index is 11.4. The lowest BCUT2D eigenvalue weighted by atomic mass is 10.2. The zero-order valence-electron chi connectivity index (χ0n) is 10.7. The van der Waals surface area contributed by atoms with Gasteiger partial charge in [0.2, 0.25) is 5.91 Å². The quantitative estimate of drug-likeness (QED) is 0.676. The first-order valence-corrected chi connectivity index (χ1v) is 6.60. The number of benzene rings is 1. The first-order chi connectivity index (χ1) is 9.70. The summed E-state index contributed by atoms with van der Waals surface area (Å²) in [6.07, 6.45) is -0.326. The van der Waals surface area contributed by atoms with Gasteiger partial charge < -0.3 is 10.1 Å². The monoisotopic (exact) mass is 292 g/mol. The van der Waals surface area contributed by atoms with Gasteiger partial charge in [0, 0.05) is 11.3 Å². The second-order valence-electron chi connectivity index (χ2n) is 4.03. The van der Waals surface area contributed by atoms with Gasteiger partial charge in [-0.25, -0.2) is 4.79 Å². The number of nitrogens with one attached hydrogen (secondary N) is 1. The van der Waals surface area contributed by atoms with E-state index < -0.39 is 0 Å². The third kappa shape index (κ3) is 3.65. The SMILES string of the molecule is O=C(CCl)NCC#Cc1ccc(N2CCOC2=O)cc1. The standard InChI is InChI=1S/C14H13ClN2O3/c15-10-13(18)16-7-1-2-11-3-5-12(6-4-11)17-8-9-20-14(17)19/h3-6H,7-10H2,(H,16,18). The number of hydrogen-bond donors (Lipinski definition) is 1. The lowest BCUT2D eigenvalue weighted by Crippen LogP contribution is -2.24. The van der Waals surface area contributed by atoms with Gasteiger partial charge in [-0.2, -0.15) is 0 Å². The van der Waals surface area contributed by atoms with Gasteiger partial charge in [0.1, 0.15) is 12.5 Å². The molecule has 2 amide bonds. The van der Waals surface area contributed by atoms with Crippen molar-refractivity contribution in [3.05, 3.63) is 29.8 Å². The summed E-state index contributed by atoms with van der Waals surface area (Å²) in [6, 6.07) is 7.26. The zero-order valence-corrected chi connectivity index (χ0v) is 11.4. The molecule has 1 heterocycles. The van der Waals surface area contributed by atoms with Crippen LogP contribution in [0.25, 0.3) is 0 Å². The van der Waals surface area contributed by atoms with Crippen molar-refractivity contribution in [2.24, 2.45) is 0 Å². The molecule has 1 aromatic rings. The summed E-state index contributed by atoms with van der Waals surface area (Å²) in [5, 5.41) is 2.55. The number of alkyl halides is 1. The third-order valence-electron chi connectivity index (χ3n) is 2.67. The Labute approximate surface area is 121 Å². The fraction of sp³-hybridized carbons (Fsp3) is 0.286. The number of amides is 2. The Balaban J connectivity index is 1.93. The molecule has 2 rings (SSSR count). The van der Waals surface area contributed by atoms with Gasteiger partial charge >= 0.3 is 6.09 Å². The average Bonchev–Trinajstić information content (AvgIpc) is 2.90. The molecule has 0 unspecified atom stereocenters. The number of cyclic esters (lactones) is 1. The maximum Gasteiger partial charge on any atom is 0.414 e. The molecule has 0 aliphatic carbocycles. The molecule has 0 aromatic heterocycles. The first-order valence-electron chi connectivity index (χ1n) is 6.06. The fourth-order valence-electron chi connectivity index (χ4n) is 1.69. The number of ether oxygens (including phenoxy) is 1. The highest BCUT2D eigenvalue weighted by molar-refractivity contribution is 6.27. The molecule has 1 saturated heterocycles. The minimum absolute atomic E-state index is 0.0672. The average molecular weight is 293 g/mol. The number of hydrogen-bond acceptors (Lipinski definition) is 3. The predicted octanol–water partition coefficient (Wildman–Crippen LogP) is 1.35. The molecular weight excluding hydrogens is 280 g/mol. The minimum Gasteiger partial charge on any atom is -0.447 e. The Morgan fingerprint density at radius 2 is 2.15 bits per heavy atom. The molecule has 1 N–H and O–H groups in total. The summed E-state index contributed by atoms with van der Waals surface area (Å²) in [7, 11) is 0. The van der Waals surface area contributed by atoms with Crippen LogP contribution >= 0.6 is 11.6 Å². The molecular formula is C14H13ClN2O3. The molecule has 6 heteroatoms. The van der Waals surface area contributed by atoms with Gasteiger partial charge in [-0.1, -0.05) is 11.8 Å². The van der Waals surface area contributed by atoms with Gasteiger partial charge in [-0.15, -0.1) is 11.6 Å². The van der Waals surface area contributed by atoms with E-state index >= 15 is 0 Å². The molecule has 0 saturated carbocycles. The summed E-state index contributed by atoms with van der Waals surface area (Å²) in [6.45, 7) is 1.24. The van der Waals surface area contributed by atoms with Crippen molar-refractivity contribution in [3.63, 3.8) is 0 Å². The Morgan fingerprint density at radius 3 is 2.75 bits per heavy atom. The van der Waals surface area contributed by atoms with E-state index in [1.807, 2.05) is 24.3 Å². The Hall–Kier alpha value is -2.19. The van der Waals surface area contributed by atoms with Crippen LogP contribution in [0.2, 0.25) is 0 Å². The predicted molar refractivity (Wildman–Crippen MR) is 75.7 cm³/mol. The van der Waals surface area contributed by atoms with Gasteiger partial charge in [-0.05, 0) is 24.3 Å². The fourth-order valence-corrected chi connectivity index (χ4v) is 1.78. The largest absolute Gasteiger partial charge is 0.447 e. The van der Waals surface area contributed by atoms with Crippen LogP contribution < -0.4 is 10.2 Å². The van der Waals surface area contributed by atoms with Gasteiger partial charge in [0.05, 0.1) is 13.1 Å². The van der Waals surface area contributed by atoms with Crippen molar-refractivity contribution < 1.29 is 14.3 Å². The number of nitrogens with zero attached hydrogens (tertiary/aromatic N) is 1. The Bertz CT molecular complexity index is 560. The summed E-state index contributed by atoms with van der Waals surface area (Å²) < 4.78 is 4.87. The Morgan fingerprint density at radius 1 is 1.40 bits per heavy atom. The van der Waals surface area contributed by atoms with E-state index in [9.17, 15) is 9.59 Å². The van der Waals surface area contributed by atoms with Crippen LogP contribution in [0.5, 0.6) is 0 Å². The van der Waals surface area contributed by atoms with E-state index in [0.717, 1.165) is 11.3 Å². The minimum atomic E-state index is -0.326. The highest BCUT2D eigenvalue weighted by atomic mass is 35.5. The molecule has 1 aliphatic heterocycles. The van der Waals surface area contributed by atoms with Crippen molar-refractivity contribution in [1.82, 2.24) is 5.32 Å². The van der Waals surface area contributed by atoms with Gasteiger partial charge in [-0.3, -0.25) is 9.69 Å². The van der Waals surface area contributed by atoms with Crippen molar-refractivity contribution in [3.8, 4) is 11.8 Å². The highest BCUT2D eigenvalue weighted by Crippen LogP contribution is 2.18. The van der Waals surface area contributed by atoms with Crippen molar-refractivity contribution in [2.45, 2.75) is 0 Å². The van der Waals surface area contributed by atoms with Gasteiger partial charge in [0.15, 0.2) is 0 Å². The molecule has 1 aromatic carbocycles. The van der Waals surface area contributed by atoms with Crippen LogP contribution in [0, 0.1) is 11.8 Å². The number of halogens is 1. The normalized spacial score (nSPS) is 13.4. The number of carbonyl (C=O) groups excluding carboxylic acids is 2. The second kappa shape index (κ2) is 6.83. The smallest absolute Gasteiger partial charge is 0.414 e. The summed E-state index contributed by atoms with van der Waals surface area (Å²) in [5.41, 5.74) is 1.59.